The average molecular weight is 261 g/mol. The van der Waals surface area contributed by atoms with E-state index in [2.05, 4.69) is 5.32 Å². The molecule has 2 N–H and O–H groups in total. The number of rotatable bonds is 3. The molecule has 2 rings (SSSR count). The van der Waals surface area contributed by atoms with E-state index >= 15 is 0 Å². The first-order valence-electron chi connectivity index (χ1n) is 5.64. The fourth-order valence-corrected chi connectivity index (χ4v) is 1.79. The van der Waals surface area contributed by atoms with Crippen molar-refractivity contribution in [3.63, 3.8) is 0 Å². The lowest BCUT2D eigenvalue weighted by Gasteiger charge is -2.10. The Morgan fingerprint density at radius 2 is 1.95 bits per heavy atom. The van der Waals surface area contributed by atoms with Crippen molar-refractivity contribution >= 4 is 17.9 Å². The second-order valence-corrected chi connectivity index (χ2v) is 4.01. The van der Waals surface area contributed by atoms with Crippen LogP contribution in [0.5, 0.6) is 11.5 Å². The van der Waals surface area contributed by atoms with Crippen molar-refractivity contribution < 1.29 is 14.3 Å². The Kier molecular flexibility index (Phi) is 3.41. The largest absolute Gasteiger partial charge is 0.493 e. The topological polar surface area (TPSA) is 74.7 Å². The van der Waals surface area contributed by atoms with Gasteiger partial charge in [0.1, 0.15) is 5.70 Å². The van der Waals surface area contributed by atoms with Gasteiger partial charge in [-0.2, -0.15) is 0 Å². The zero-order chi connectivity index (χ0) is 14.0. The summed E-state index contributed by atoms with van der Waals surface area (Å²) in [4.78, 5) is 13.1. The van der Waals surface area contributed by atoms with E-state index in [1.807, 2.05) is 6.07 Å². The summed E-state index contributed by atoms with van der Waals surface area (Å²) < 4.78 is 10.4. The number of guanidine groups is 1. The Labute approximate surface area is 111 Å². The molecule has 0 bridgehead atoms. The maximum absolute atomic E-state index is 11.7. The predicted octanol–water partition coefficient (Wildman–Crippen LogP) is 1.04. The maximum Gasteiger partial charge on any atom is 0.274 e. The summed E-state index contributed by atoms with van der Waals surface area (Å²) in [5.74, 6) is 0.994. The SMILES string of the molecule is COc1ccc(/C=C2\C(=O)NC(=N)N2C)cc1OC. The van der Waals surface area contributed by atoms with Crippen LogP contribution in [0.25, 0.3) is 6.08 Å². The molecule has 1 aromatic carbocycles. The summed E-state index contributed by atoms with van der Waals surface area (Å²) in [6.07, 6.45) is 1.69. The van der Waals surface area contributed by atoms with Crippen LogP contribution in [0.4, 0.5) is 0 Å². The van der Waals surface area contributed by atoms with E-state index in [1.54, 1.807) is 39.5 Å². The number of benzene rings is 1. The van der Waals surface area contributed by atoms with Gasteiger partial charge in [0, 0.05) is 7.05 Å². The van der Waals surface area contributed by atoms with Crippen molar-refractivity contribution in [1.82, 2.24) is 10.2 Å². The van der Waals surface area contributed by atoms with Gasteiger partial charge in [-0.3, -0.25) is 15.5 Å². The van der Waals surface area contributed by atoms with Gasteiger partial charge < -0.3 is 14.4 Å². The van der Waals surface area contributed by atoms with E-state index in [4.69, 9.17) is 14.9 Å². The standard InChI is InChI=1S/C13H15N3O3/c1-16-9(12(17)15-13(16)14)6-8-4-5-10(18-2)11(7-8)19-3/h4-7H,1-3H3,(H2,14,15,17)/b9-6+. The highest BCUT2D eigenvalue weighted by Gasteiger charge is 2.26. The van der Waals surface area contributed by atoms with Crippen LogP contribution < -0.4 is 14.8 Å². The minimum Gasteiger partial charge on any atom is -0.493 e. The first-order chi connectivity index (χ1) is 9.06. The first kappa shape index (κ1) is 12.9. The summed E-state index contributed by atoms with van der Waals surface area (Å²) in [7, 11) is 4.78. The van der Waals surface area contributed by atoms with Crippen LogP contribution in [0.1, 0.15) is 5.56 Å². The number of ether oxygens (including phenoxy) is 2. The molecular formula is C13H15N3O3. The number of nitrogens with one attached hydrogen (secondary N) is 2. The first-order valence-corrected chi connectivity index (χ1v) is 5.64. The van der Waals surface area contributed by atoms with Crippen molar-refractivity contribution in [3.05, 3.63) is 29.5 Å². The van der Waals surface area contributed by atoms with Gasteiger partial charge in [-0.25, -0.2) is 0 Å². The molecule has 0 radical (unpaired) electrons. The molecule has 1 aliphatic rings. The van der Waals surface area contributed by atoms with Crippen LogP contribution in [0, 0.1) is 5.41 Å². The molecule has 1 aliphatic heterocycles. The van der Waals surface area contributed by atoms with E-state index in [0.29, 0.717) is 17.2 Å². The number of carbonyl (C=O) groups is 1. The normalized spacial score (nSPS) is 16.8. The number of nitrogens with zero attached hydrogens (tertiary/aromatic N) is 1. The van der Waals surface area contributed by atoms with E-state index < -0.39 is 0 Å². The molecular weight excluding hydrogens is 246 g/mol. The maximum atomic E-state index is 11.7. The second-order valence-electron chi connectivity index (χ2n) is 4.01. The quantitative estimate of drug-likeness (QED) is 0.797. The molecule has 1 amide bonds. The molecule has 0 unspecified atom stereocenters. The van der Waals surface area contributed by atoms with Gasteiger partial charge in [-0.15, -0.1) is 0 Å². The molecule has 1 fully saturated rings. The van der Waals surface area contributed by atoms with Crippen LogP contribution in [-0.4, -0.2) is 38.0 Å². The van der Waals surface area contributed by atoms with Gasteiger partial charge in [0.05, 0.1) is 14.2 Å². The lowest BCUT2D eigenvalue weighted by molar-refractivity contribution is -0.115. The lowest BCUT2D eigenvalue weighted by Crippen LogP contribution is -2.25. The summed E-state index contributed by atoms with van der Waals surface area (Å²) in [6.45, 7) is 0. The molecule has 6 nitrogen and oxygen atoms in total. The minimum absolute atomic E-state index is 0.0664. The third-order valence-corrected chi connectivity index (χ3v) is 2.87. The Hall–Kier alpha value is -2.50. The highest BCUT2D eigenvalue weighted by atomic mass is 16.5. The van der Waals surface area contributed by atoms with Gasteiger partial charge in [0.25, 0.3) is 5.91 Å². The smallest absolute Gasteiger partial charge is 0.274 e. The predicted molar refractivity (Wildman–Crippen MR) is 71.2 cm³/mol. The van der Waals surface area contributed by atoms with Crippen LogP contribution in [0.2, 0.25) is 0 Å². The molecule has 0 aromatic heterocycles. The molecule has 19 heavy (non-hydrogen) atoms. The molecule has 1 aromatic rings. The summed E-state index contributed by atoms with van der Waals surface area (Å²) >= 11 is 0. The third-order valence-electron chi connectivity index (χ3n) is 2.87. The Morgan fingerprint density at radius 3 is 2.47 bits per heavy atom. The zero-order valence-electron chi connectivity index (χ0n) is 11.0. The number of carbonyl (C=O) groups excluding carboxylic acids is 1. The zero-order valence-corrected chi connectivity index (χ0v) is 11.0. The van der Waals surface area contributed by atoms with Gasteiger partial charge in [-0.05, 0) is 23.8 Å². The highest BCUT2D eigenvalue weighted by Crippen LogP contribution is 2.28. The average Bonchev–Trinajstić information content (AvgIpc) is 2.65. The summed E-state index contributed by atoms with van der Waals surface area (Å²) in [5, 5.41) is 9.97. The van der Waals surface area contributed by atoms with E-state index in [1.165, 1.54) is 4.90 Å². The number of likely N-dealkylation sites (N-methyl/N-ethyl adjacent to an activating group) is 1. The highest BCUT2D eigenvalue weighted by molar-refractivity contribution is 6.14. The molecule has 0 atom stereocenters. The number of hydrogen-bond donors (Lipinski definition) is 2. The van der Waals surface area contributed by atoms with Crippen molar-refractivity contribution in [1.29, 1.82) is 5.41 Å². The summed E-state index contributed by atoms with van der Waals surface area (Å²) in [5.41, 5.74) is 1.21. The monoisotopic (exact) mass is 261 g/mol. The van der Waals surface area contributed by atoms with Crippen molar-refractivity contribution in [2.45, 2.75) is 0 Å². The van der Waals surface area contributed by atoms with Crippen LogP contribution in [0.15, 0.2) is 23.9 Å². The van der Waals surface area contributed by atoms with Crippen LogP contribution in [0.3, 0.4) is 0 Å². The third kappa shape index (κ3) is 2.37. The molecule has 0 saturated carbocycles. The van der Waals surface area contributed by atoms with E-state index in [0.717, 1.165) is 5.56 Å². The van der Waals surface area contributed by atoms with E-state index in [-0.39, 0.29) is 11.9 Å². The van der Waals surface area contributed by atoms with Crippen LogP contribution in [-0.2, 0) is 4.79 Å². The molecule has 1 saturated heterocycles. The van der Waals surface area contributed by atoms with Gasteiger partial charge in [-0.1, -0.05) is 6.07 Å². The molecule has 6 heteroatoms. The van der Waals surface area contributed by atoms with Gasteiger partial charge >= 0.3 is 0 Å². The Balaban J connectivity index is 2.38. The molecule has 100 valence electrons. The van der Waals surface area contributed by atoms with E-state index in [9.17, 15) is 4.79 Å². The van der Waals surface area contributed by atoms with Crippen LogP contribution >= 0.6 is 0 Å². The van der Waals surface area contributed by atoms with Gasteiger partial charge in [0.15, 0.2) is 11.5 Å². The molecule has 0 spiro atoms. The number of methoxy groups -OCH3 is 2. The number of amides is 1. The molecule has 1 heterocycles. The number of hydrogen-bond acceptors (Lipinski definition) is 4. The van der Waals surface area contributed by atoms with Crippen molar-refractivity contribution in [3.8, 4) is 11.5 Å². The Bertz CT molecular complexity index is 566. The van der Waals surface area contributed by atoms with Crippen molar-refractivity contribution in [2.75, 3.05) is 21.3 Å². The fourth-order valence-electron chi connectivity index (χ4n) is 1.79. The lowest BCUT2D eigenvalue weighted by atomic mass is 10.1. The van der Waals surface area contributed by atoms with Crippen molar-refractivity contribution in [2.24, 2.45) is 0 Å². The molecule has 0 aliphatic carbocycles. The summed E-state index contributed by atoms with van der Waals surface area (Å²) in [6, 6.07) is 5.36. The second kappa shape index (κ2) is 5.01. The fraction of sp³-hybridized carbons (Fsp3) is 0.231. The van der Waals surface area contributed by atoms with Gasteiger partial charge in [0.2, 0.25) is 5.96 Å². The Morgan fingerprint density at radius 1 is 1.26 bits per heavy atom. The minimum atomic E-state index is -0.290.